The van der Waals surface area contributed by atoms with E-state index in [9.17, 15) is 9.50 Å². The molecule has 5 heteroatoms. The van der Waals surface area contributed by atoms with Crippen LogP contribution in [-0.4, -0.2) is 36.1 Å². The zero-order valence-electron chi connectivity index (χ0n) is 11.4. The van der Waals surface area contributed by atoms with E-state index < -0.39 is 6.10 Å². The van der Waals surface area contributed by atoms with Crippen molar-refractivity contribution in [3.05, 3.63) is 29.6 Å². The van der Waals surface area contributed by atoms with E-state index in [1.165, 1.54) is 12.1 Å². The number of aliphatic hydroxyl groups is 2. The lowest BCUT2D eigenvalue weighted by atomic mass is 10.1. The Morgan fingerprint density at radius 3 is 2.79 bits per heavy atom. The fourth-order valence-electron chi connectivity index (χ4n) is 1.70. The molecule has 0 aliphatic heterocycles. The molecule has 2 atom stereocenters. The van der Waals surface area contributed by atoms with E-state index in [0.29, 0.717) is 11.3 Å². The molecule has 0 heterocycles. The van der Waals surface area contributed by atoms with Gasteiger partial charge in [-0.15, -0.1) is 0 Å². The maximum absolute atomic E-state index is 13.3. The third-order valence-electron chi connectivity index (χ3n) is 2.78. The largest absolute Gasteiger partial charge is 0.490 e. The summed E-state index contributed by atoms with van der Waals surface area (Å²) in [5.41, 5.74) is 0.707. The summed E-state index contributed by atoms with van der Waals surface area (Å²) in [7, 11) is 0. The highest BCUT2D eigenvalue weighted by molar-refractivity contribution is 5.36. The Hall–Kier alpha value is -1.17. The Bertz CT molecular complexity index is 387. The number of halogens is 1. The van der Waals surface area contributed by atoms with E-state index in [-0.39, 0.29) is 25.1 Å². The number of aliphatic hydroxyl groups excluding tert-OH is 2. The fraction of sp³-hybridized carbons (Fsp3) is 0.571. The minimum Gasteiger partial charge on any atom is -0.490 e. The lowest BCUT2D eigenvalue weighted by Crippen LogP contribution is -2.23. The van der Waals surface area contributed by atoms with Gasteiger partial charge in [-0.3, -0.25) is 0 Å². The molecule has 1 aromatic rings. The highest BCUT2D eigenvalue weighted by atomic mass is 19.1. The molecule has 19 heavy (non-hydrogen) atoms. The molecule has 4 nitrogen and oxygen atoms in total. The van der Waals surface area contributed by atoms with E-state index in [2.05, 4.69) is 12.2 Å². The second kappa shape index (κ2) is 8.09. The molecule has 0 aliphatic rings. The van der Waals surface area contributed by atoms with Crippen molar-refractivity contribution in [2.75, 3.05) is 19.8 Å². The van der Waals surface area contributed by atoms with Gasteiger partial charge in [0.2, 0.25) is 0 Å². The summed E-state index contributed by atoms with van der Waals surface area (Å²) in [5.74, 6) is 0.195. The summed E-state index contributed by atoms with van der Waals surface area (Å²) in [4.78, 5) is 0. The van der Waals surface area contributed by atoms with Crippen LogP contribution in [0.3, 0.4) is 0 Å². The van der Waals surface area contributed by atoms with Gasteiger partial charge in [0.05, 0.1) is 6.61 Å². The minimum atomic E-state index is -0.934. The summed E-state index contributed by atoms with van der Waals surface area (Å²) >= 11 is 0. The lowest BCUT2D eigenvalue weighted by Gasteiger charge is -2.19. The van der Waals surface area contributed by atoms with E-state index in [0.717, 1.165) is 13.0 Å². The van der Waals surface area contributed by atoms with Crippen molar-refractivity contribution >= 4 is 0 Å². The van der Waals surface area contributed by atoms with Gasteiger partial charge in [0.25, 0.3) is 0 Å². The van der Waals surface area contributed by atoms with Crippen LogP contribution in [0.1, 0.15) is 31.9 Å². The molecule has 0 fully saturated rings. The maximum atomic E-state index is 13.3. The molecule has 3 N–H and O–H groups in total. The molecule has 0 aromatic heterocycles. The first kappa shape index (κ1) is 15.9. The number of ether oxygens (including phenoxy) is 1. The van der Waals surface area contributed by atoms with E-state index >= 15 is 0 Å². The predicted octanol–water partition coefficient (Wildman–Crippen LogP) is 1.62. The molecule has 0 bridgehead atoms. The molecule has 0 saturated heterocycles. The van der Waals surface area contributed by atoms with Gasteiger partial charge in [0.15, 0.2) is 0 Å². The minimum absolute atomic E-state index is 0.0182. The van der Waals surface area contributed by atoms with Crippen LogP contribution in [0.15, 0.2) is 18.2 Å². The third-order valence-corrected chi connectivity index (χ3v) is 2.78. The molecule has 0 radical (unpaired) electrons. The number of rotatable bonds is 8. The van der Waals surface area contributed by atoms with Crippen molar-refractivity contribution in [1.29, 1.82) is 0 Å². The average molecular weight is 271 g/mol. The van der Waals surface area contributed by atoms with Gasteiger partial charge >= 0.3 is 0 Å². The Morgan fingerprint density at radius 1 is 1.42 bits per heavy atom. The fourth-order valence-corrected chi connectivity index (χ4v) is 1.70. The van der Waals surface area contributed by atoms with Crippen molar-refractivity contribution in [1.82, 2.24) is 5.32 Å². The van der Waals surface area contributed by atoms with Crippen molar-refractivity contribution < 1.29 is 19.3 Å². The molecular weight excluding hydrogens is 249 g/mol. The summed E-state index contributed by atoms with van der Waals surface area (Å²) in [6.45, 7) is 4.44. The van der Waals surface area contributed by atoms with Gasteiger partial charge in [-0.2, -0.15) is 0 Å². The highest BCUT2D eigenvalue weighted by Crippen LogP contribution is 2.26. The van der Waals surface area contributed by atoms with Crippen molar-refractivity contribution in [3.63, 3.8) is 0 Å². The van der Waals surface area contributed by atoms with Gasteiger partial charge in [-0.05, 0) is 38.1 Å². The van der Waals surface area contributed by atoms with Crippen molar-refractivity contribution in [2.24, 2.45) is 0 Å². The second-order valence-corrected chi connectivity index (χ2v) is 4.51. The van der Waals surface area contributed by atoms with Crippen molar-refractivity contribution in [2.45, 2.75) is 32.4 Å². The highest BCUT2D eigenvalue weighted by Gasteiger charge is 2.13. The van der Waals surface area contributed by atoms with Crippen LogP contribution in [-0.2, 0) is 0 Å². The molecule has 1 rings (SSSR count). The van der Waals surface area contributed by atoms with Crippen LogP contribution in [0.5, 0.6) is 5.75 Å². The van der Waals surface area contributed by atoms with Gasteiger partial charge in [-0.1, -0.05) is 6.92 Å². The third kappa shape index (κ3) is 5.14. The van der Waals surface area contributed by atoms with Gasteiger partial charge < -0.3 is 20.3 Å². The monoisotopic (exact) mass is 271 g/mol. The Balaban J connectivity index is 2.78. The van der Waals surface area contributed by atoms with E-state index in [1.54, 1.807) is 6.07 Å². The van der Waals surface area contributed by atoms with Gasteiger partial charge in [-0.25, -0.2) is 4.39 Å². The summed E-state index contributed by atoms with van der Waals surface area (Å²) < 4.78 is 18.8. The first-order chi connectivity index (χ1) is 9.08. The molecule has 1 aromatic carbocycles. The quantitative estimate of drug-likeness (QED) is 0.672. The standard InChI is InChI=1S/C14H22FNO3/c1-3-6-16-10(2)13-7-11(15)4-5-14(13)19-9-12(18)8-17/h4-5,7,10,12,16-18H,3,6,8-9H2,1-2H3. The predicted molar refractivity (Wildman–Crippen MR) is 71.7 cm³/mol. The molecule has 0 amide bonds. The van der Waals surface area contributed by atoms with Gasteiger partial charge in [0, 0.05) is 11.6 Å². The maximum Gasteiger partial charge on any atom is 0.124 e. The van der Waals surface area contributed by atoms with E-state index in [4.69, 9.17) is 9.84 Å². The molecule has 0 aliphatic carbocycles. The van der Waals surface area contributed by atoms with Crippen LogP contribution < -0.4 is 10.1 Å². The molecule has 108 valence electrons. The smallest absolute Gasteiger partial charge is 0.124 e. The Labute approximate surface area is 113 Å². The Morgan fingerprint density at radius 2 is 2.16 bits per heavy atom. The SMILES string of the molecule is CCCNC(C)c1cc(F)ccc1OCC(O)CO. The van der Waals surface area contributed by atoms with Crippen LogP contribution in [0.25, 0.3) is 0 Å². The zero-order chi connectivity index (χ0) is 14.3. The number of benzene rings is 1. The van der Waals surface area contributed by atoms with Crippen molar-refractivity contribution in [3.8, 4) is 5.75 Å². The van der Waals surface area contributed by atoms with Gasteiger partial charge in [0.1, 0.15) is 24.3 Å². The summed E-state index contributed by atoms with van der Waals surface area (Å²) in [6.07, 6.45) is 0.0517. The average Bonchev–Trinajstić information content (AvgIpc) is 2.42. The molecular formula is C14H22FNO3. The molecule has 0 spiro atoms. The number of nitrogens with one attached hydrogen (secondary N) is 1. The normalized spacial score (nSPS) is 14.2. The zero-order valence-corrected chi connectivity index (χ0v) is 11.4. The van der Waals surface area contributed by atoms with Crippen LogP contribution in [0.4, 0.5) is 4.39 Å². The Kier molecular flexibility index (Phi) is 6.77. The first-order valence-electron chi connectivity index (χ1n) is 6.53. The second-order valence-electron chi connectivity index (χ2n) is 4.51. The molecule has 2 unspecified atom stereocenters. The van der Waals surface area contributed by atoms with Crippen LogP contribution in [0.2, 0.25) is 0 Å². The molecule has 0 saturated carbocycles. The lowest BCUT2D eigenvalue weighted by molar-refractivity contribution is 0.0531. The topological polar surface area (TPSA) is 61.7 Å². The first-order valence-corrected chi connectivity index (χ1v) is 6.53. The number of hydrogen-bond donors (Lipinski definition) is 3. The summed E-state index contributed by atoms with van der Waals surface area (Å²) in [6, 6.07) is 4.24. The van der Waals surface area contributed by atoms with Crippen LogP contribution >= 0.6 is 0 Å². The summed E-state index contributed by atoms with van der Waals surface area (Å²) in [5, 5.41) is 21.3. The number of hydrogen-bond acceptors (Lipinski definition) is 4. The van der Waals surface area contributed by atoms with E-state index in [1.807, 2.05) is 6.92 Å². The van der Waals surface area contributed by atoms with Crippen LogP contribution in [0, 0.1) is 5.82 Å².